The van der Waals surface area contributed by atoms with Crippen molar-refractivity contribution in [2.45, 2.75) is 38.8 Å². The maximum Gasteiger partial charge on any atom is 0.295 e. The van der Waals surface area contributed by atoms with E-state index in [-0.39, 0.29) is 17.9 Å². The number of hydrogen-bond donors (Lipinski definition) is 1. The average Bonchev–Trinajstić information content (AvgIpc) is 3.12. The number of aliphatic hydroxyl groups is 1. The van der Waals surface area contributed by atoms with Crippen molar-refractivity contribution in [3.05, 3.63) is 106 Å². The van der Waals surface area contributed by atoms with Crippen LogP contribution in [0.1, 0.15) is 48.9 Å². The number of unbranched alkanes of at least 4 members (excludes halogenated alkanes) is 2. The molecule has 5 nitrogen and oxygen atoms in total. The highest BCUT2D eigenvalue weighted by atomic mass is 35.5. The predicted molar refractivity (Wildman–Crippen MR) is 137 cm³/mol. The summed E-state index contributed by atoms with van der Waals surface area (Å²) in [6.45, 7) is 2.96. The summed E-state index contributed by atoms with van der Waals surface area (Å²) in [5.74, 6) is -0.929. The van der Waals surface area contributed by atoms with Crippen molar-refractivity contribution in [3.63, 3.8) is 0 Å². The Bertz CT molecular complexity index is 1220. The van der Waals surface area contributed by atoms with Crippen LogP contribution in [0.2, 0.25) is 5.02 Å². The lowest BCUT2D eigenvalue weighted by atomic mass is 9.95. The highest BCUT2D eigenvalue weighted by molar-refractivity contribution is 6.46. The van der Waals surface area contributed by atoms with Gasteiger partial charge in [0.05, 0.1) is 18.2 Å². The minimum absolute atomic E-state index is 0.0522. The lowest BCUT2D eigenvalue weighted by molar-refractivity contribution is -0.140. The molecule has 35 heavy (non-hydrogen) atoms. The van der Waals surface area contributed by atoms with Crippen LogP contribution in [0.3, 0.4) is 0 Å². The Hall–Kier alpha value is -3.57. The number of halogens is 1. The molecule has 6 heteroatoms. The van der Waals surface area contributed by atoms with E-state index in [9.17, 15) is 14.7 Å². The maximum absolute atomic E-state index is 13.2. The quantitative estimate of drug-likeness (QED) is 0.160. The predicted octanol–water partition coefficient (Wildman–Crippen LogP) is 6.53. The standard InChI is InChI=1S/C29H28ClNO4/c1-2-3-7-17-35-24-12-8-11-22(18-24)26-25(27(32)21-13-15-23(30)16-14-21)28(33)29(34)31(26)19-20-9-5-4-6-10-20/h4-6,8-16,18,26,32H,2-3,7,17,19H2,1H3. The molecule has 1 atom stereocenters. The number of amides is 1. The molecule has 3 aromatic carbocycles. The van der Waals surface area contributed by atoms with E-state index in [4.69, 9.17) is 16.3 Å². The van der Waals surface area contributed by atoms with E-state index in [2.05, 4.69) is 6.92 Å². The second-order valence-electron chi connectivity index (χ2n) is 8.55. The molecule has 0 aromatic heterocycles. The number of hydrogen-bond acceptors (Lipinski definition) is 4. The van der Waals surface area contributed by atoms with Crippen molar-refractivity contribution >= 4 is 29.1 Å². The Labute approximate surface area is 210 Å². The van der Waals surface area contributed by atoms with Crippen molar-refractivity contribution < 1.29 is 19.4 Å². The number of rotatable bonds is 9. The van der Waals surface area contributed by atoms with Gasteiger partial charge < -0.3 is 14.7 Å². The average molecular weight is 490 g/mol. The molecule has 1 N–H and O–H groups in total. The van der Waals surface area contributed by atoms with Gasteiger partial charge in [0.15, 0.2) is 0 Å². The van der Waals surface area contributed by atoms with Crippen molar-refractivity contribution in [2.24, 2.45) is 0 Å². The number of aliphatic hydroxyl groups excluding tert-OH is 1. The molecule has 0 spiro atoms. The summed E-state index contributed by atoms with van der Waals surface area (Å²) in [7, 11) is 0. The lowest BCUT2D eigenvalue weighted by Crippen LogP contribution is -2.29. The van der Waals surface area contributed by atoms with Gasteiger partial charge in [-0.15, -0.1) is 0 Å². The third kappa shape index (κ3) is 5.57. The van der Waals surface area contributed by atoms with Crippen molar-refractivity contribution in [2.75, 3.05) is 6.61 Å². The van der Waals surface area contributed by atoms with Gasteiger partial charge >= 0.3 is 0 Å². The zero-order valence-electron chi connectivity index (χ0n) is 19.6. The molecule has 1 saturated heterocycles. The number of ether oxygens (including phenoxy) is 1. The van der Waals surface area contributed by atoms with Gasteiger partial charge in [-0.05, 0) is 53.9 Å². The Morgan fingerprint density at radius 3 is 2.43 bits per heavy atom. The van der Waals surface area contributed by atoms with E-state index >= 15 is 0 Å². The number of likely N-dealkylation sites (tertiary alicyclic amines) is 1. The zero-order valence-corrected chi connectivity index (χ0v) is 20.4. The van der Waals surface area contributed by atoms with Gasteiger partial charge in [-0.1, -0.05) is 73.8 Å². The summed E-state index contributed by atoms with van der Waals surface area (Å²) in [5.41, 5.74) is 2.06. The molecule has 0 saturated carbocycles. The zero-order chi connectivity index (χ0) is 24.8. The largest absolute Gasteiger partial charge is 0.507 e. The van der Waals surface area contributed by atoms with Gasteiger partial charge in [0, 0.05) is 17.1 Å². The van der Waals surface area contributed by atoms with E-state index in [1.54, 1.807) is 24.3 Å². The first kappa shape index (κ1) is 24.6. The van der Waals surface area contributed by atoms with Crippen molar-refractivity contribution in [1.82, 2.24) is 4.90 Å². The highest BCUT2D eigenvalue weighted by Crippen LogP contribution is 2.41. The number of carbonyl (C=O) groups excluding carboxylic acids is 2. The Kier molecular flexibility index (Phi) is 7.88. The fraction of sp³-hybridized carbons (Fsp3) is 0.241. The topological polar surface area (TPSA) is 66.8 Å². The third-order valence-electron chi connectivity index (χ3n) is 6.04. The summed E-state index contributed by atoms with van der Waals surface area (Å²) >= 11 is 6.00. The van der Waals surface area contributed by atoms with E-state index in [0.29, 0.717) is 28.5 Å². The molecule has 1 amide bonds. The number of Topliss-reactive ketones (excluding diaryl/α,β-unsaturated/α-hetero) is 1. The first-order chi connectivity index (χ1) is 17.0. The van der Waals surface area contributed by atoms with E-state index < -0.39 is 17.7 Å². The van der Waals surface area contributed by atoms with Crippen LogP contribution in [0.5, 0.6) is 5.75 Å². The van der Waals surface area contributed by atoms with E-state index in [1.165, 1.54) is 4.90 Å². The van der Waals surface area contributed by atoms with Crippen LogP contribution < -0.4 is 4.74 Å². The molecule has 1 fully saturated rings. The summed E-state index contributed by atoms with van der Waals surface area (Å²) < 4.78 is 5.93. The van der Waals surface area contributed by atoms with Crippen LogP contribution in [0.25, 0.3) is 5.76 Å². The van der Waals surface area contributed by atoms with E-state index in [0.717, 1.165) is 24.8 Å². The summed E-state index contributed by atoms with van der Waals surface area (Å²) in [6, 6.07) is 22.7. The maximum atomic E-state index is 13.2. The number of benzene rings is 3. The Morgan fingerprint density at radius 2 is 1.71 bits per heavy atom. The van der Waals surface area contributed by atoms with Crippen molar-refractivity contribution in [3.8, 4) is 5.75 Å². The first-order valence-corrected chi connectivity index (χ1v) is 12.2. The van der Waals surface area contributed by atoms with Crippen LogP contribution in [-0.4, -0.2) is 28.3 Å². The molecular formula is C29H28ClNO4. The van der Waals surface area contributed by atoms with Gasteiger partial charge in [-0.3, -0.25) is 9.59 Å². The minimum atomic E-state index is -0.759. The van der Waals surface area contributed by atoms with Crippen LogP contribution in [-0.2, 0) is 16.1 Å². The second kappa shape index (κ2) is 11.2. The Morgan fingerprint density at radius 1 is 0.971 bits per heavy atom. The molecule has 1 unspecified atom stereocenters. The van der Waals surface area contributed by atoms with E-state index in [1.807, 2.05) is 54.6 Å². The lowest BCUT2D eigenvalue weighted by Gasteiger charge is -2.26. The molecule has 0 aliphatic carbocycles. The fourth-order valence-electron chi connectivity index (χ4n) is 4.25. The van der Waals surface area contributed by atoms with Gasteiger partial charge in [-0.25, -0.2) is 0 Å². The number of carbonyl (C=O) groups is 2. The molecule has 3 aromatic rings. The molecular weight excluding hydrogens is 462 g/mol. The molecule has 1 aliphatic heterocycles. The molecule has 1 aliphatic rings. The Balaban J connectivity index is 1.77. The van der Waals surface area contributed by atoms with Crippen LogP contribution in [0.4, 0.5) is 0 Å². The van der Waals surface area contributed by atoms with Crippen LogP contribution in [0, 0.1) is 0 Å². The molecule has 1 heterocycles. The normalized spacial score (nSPS) is 17.1. The minimum Gasteiger partial charge on any atom is -0.507 e. The van der Waals surface area contributed by atoms with Crippen LogP contribution in [0.15, 0.2) is 84.4 Å². The van der Waals surface area contributed by atoms with Crippen LogP contribution >= 0.6 is 11.6 Å². The third-order valence-corrected chi connectivity index (χ3v) is 6.30. The molecule has 0 radical (unpaired) electrons. The molecule has 4 rings (SSSR count). The van der Waals surface area contributed by atoms with Crippen molar-refractivity contribution in [1.29, 1.82) is 0 Å². The summed E-state index contributed by atoms with van der Waals surface area (Å²) in [6.07, 6.45) is 3.13. The van der Waals surface area contributed by atoms with Gasteiger partial charge in [-0.2, -0.15) is 0 Å². The molecule has 0 bridgehead atoms. The highest BCUT2D eigenvalue weighted by Gasteiger charge is 2.46. The van der Waals surface area contributed by atoms with Gasteiger partial charge in [0.2, 0.25) is 0 Å². The van der Waals surface area contributed by atoms with Gasteiger partial charge in [0.1, 0.15) is 11.5 Å². The first-order valence-electron chi connectivity index (χ1n) is 11.8. The smallest absolute Gasteiger partial charge is 0.295 e. The summed E-state index contributed by atoms with van der Waals surface area (Å²) in [4.78, 5) is 27.9. The SMILES string of the molecule is CCCCCOc1cccc(C2C(=C(O)c3ccc(Cl)cc3)C(=O)C(=O)N2Cc2ccccc2)c1. The number of nitrogens with zero attached hydrogens (tertiary/aromatic N) is 1. The fourth-order valence-corrected chi connectivity index (χ4v) is 4.38. The monoisotopic (exact) mass is 489 g/mol. The summed E-state index contributed by atoms with van der Waals surface area (Å²) in [5, 5.41) is 11.7. The molecule has 180 valence electrons. The second-order valence-corrected chi connectivity index (χ2v) is 8.98. The van der Waals surface area contributed by atoms with Gasteiger partial charge in [0.25, 0.3) is 11.7 Å². The number of ketones is 1.